The van der Waals surface area contributed by atoms with Crippen LogP contribution in [0.4, 0.5) is 0 Å². The first-order valence-corrected chi connectivity index (χ1v) is 4.53. The summed E-state index contributed by atoms with van der Waals surface area (Å²) in [6, 6.07) is 0. The summed E-state index contributed by atoms with van der Waals surface area (Å²) in [6.07, 6.45) is 0.835. The van der Waals surface area contributed by atoms with Crippen molar-refractivity contribution in [2.75, 3.05) is 0 Å². The molecule has 0 aromatic carbocycles. The van der Waals surface area contributed by atoms with Crippen LogP contribution in [0.3, 0.4) is 0 Å². The molecule has 0 amide bonds. The Kier molecular flexibility index (Phi) is 4.29. The third kappa shape index (κ3) is 2.50. The van der Waals surface area contributed by atoms with Gasteiger partial charge in [-0.15, -0.1) is 0 Å². The molecule has 0 saturated carbocycles. The summed E-state index contributed by atoms with van der Waals surface area (Å²) in [5, 5.41) is 0. The first-order valence-electron chi connectivity index (χ1n) is 4.53. The van der Waals surface area contributed by atoms with Crippen LogP contribution in [-0.2, 0) is 9.53 Å². The zero-order chi connectivity index (χ0) is 9.78. The molecule has 0 aliphatic rings. The van der Waals surface area contributed by atoms with E-state index in [1.165, 1.54) is 0 Å². The fourth-order valence-electron chi connectivity index (χ4n) is 1.29. The zero-order valence-corrected chi connectivity index (χ0v) is 8.68. The van der Waals surface area contributed by atoms with Crippen LogP contribution in [0.1, 0.15) is 41.0 Å². The summed E-state index contributed by atoms with van der Waals surface area (Å²) in [5.41, 5.74) is -0.351. The largest absolute Gasteiger partial charge is 0.451 e. The Labute approximate surface area is 75.3 Å². The van der Waals surface area contributed by atoms with E-state index in [0.29, 0.717) is 11.8 Å². The lowest BCUT2D eigenvalue weighted by molar-refractivity contribution is -0.00445. The van der Waals surface area contributed by atoms with Gasteiger partial charge in [-0.1, -0.05) is 27.7 Å². The summed E-state index contributed by atoms with van der Waals surface area (Å²) < 4.78 is 5.00. The van der Waals surface area contributed by atoms with Gasteiger partial charge in [-0.2, -0.15) is 0 Å². The van der Waals surface area contributed by atoms with Gasteiger partial charge in [0.25, 0.3) is 0 Å². The number of ether oxygens (including phenoxy) is 1. The second-order valence-electron chi connectivity index (χ2n) is 3.88. The van der Waals surface area contributed by atoms with Crippen molar-refractivity contribution in [2.45, 2.75) is 46.6 Å². The standard InChI is InChI=1S/C10H19O2/c1-6-10(5,12-7-11)9(4)8(2)3/h8-9H,6H2,1-5H3. The van der Waals surface area contributed by atoms with E-state index in [4.69, 9.17) is 4.74 Å². The lowest BCUT2D eigenvalue weighted by Crippen LogP contribution is -2.38. The maximum absolute atomic E-state index is 10.2. The summed E-state index contributed by atoms with van der Waals surface area (Å²) in [7, 11) is 0. The van der Waals surface area contributed by atoms with Crippen molar-refractivity contribution in [1.82, 2.24) is 0 Å². The molecule has 0 fully saturated rings. The molecular weight excluding hydrogens is 152 g/mol. The second-order valence-corrected chi connectivity index (χ2v) is 3.88. The second kappa shape index (κ2) is 4.48. The highest BCUT2D eigenvalue weighted by atomic mass is 16.5. The van der Waals surface area contributed by atoms with Crippen LogP contribution < -0.4 is 0 Å². The third-order valence-electron chi connectivity index (χ3n) is 2.94. The van der Waals surface area contributed by atoms with Gasteiger partial charge in [0.15, 0.2) is 0 Å². The third-order valence-corrected chi connectivity index (χ3v) is 2.94. The molecule has 0 spiro atoms. The number of hydrogen-bond acceptors (Lipinski definition) is 2. The molecule has 0 saturated heterocycles. The number of hydrogen-bond donors (Lipinski definition) is 0. The van der Waals surface area contributed by atoms with Crippen LogP contribution in [0, 0.1) is 11.8 Å². The van der Waals surface area contributed by atoms with Crippen LogP contribution in [0.2, 0.25) is 0 Å². The molecule has 0 aliphatic heterocycles. The fourth-order valence-corrected chi connectivity index (χ4v) is 1.29. The van der Waals surface area contributed by atoms with Crippen molar-refractivity contribution in [3.63, 3.8) is 0 Å². The average molecular weight is 171 g/mol. The van der Waals surface area contributed by atoms with E-state index < -0.39 is 0 Å². The SMILES string of the molecule is CCC(C)(O[C]=O)C(C)C(C)C. The Hall–Kier alpha value is -0.530. The number of rotatable bonds is 5. The van der Waals surface area contributed by atoms with E-state index >= 15 is 0 Å². The summed E-state index contributed by atoms with van der Waals surface area (Å²) in [4.78, 5) is 10.2. The topological polar surface area (TPSA) is 26.3 Å². The summed E-state index contributed by atoms with van der Waals surface area (Å²) in [5.74, 6) is 0.882. The van der Waals surface area contributed by atoms with Gasteiger partial charge in [0, 0.05) is 0 Å². The molecule has 2 unspecified atom stereocenters. The molecule has 0 aromatic heterocycles. The van der Waals surface area contributed by atoms with Crippen molar-refractivity contribution in [1.29, 1.82) is 0 Å². The molecule has 12 heavy (non-hydrogen) atoms. The molecule has 0 bridgehead atoms. The minimum atomic E-state index is -0.351. The van der Waals surface area contributed by atoms with Crippen LogP contribution >= 0.6 is 0 Å². The Morgan fingerprint density at radius 2 is 1.92 bits per heavy atom. The van der Waals surface area contributed by atoms with E-state index in [9.17, 15) is 4.79 Å². The minimum Gasteiger partial charge on any atom is -0.451 e. The predicted octanol–water partition coefficient (Wildman–Crippen LogP) is 2.53. The van der Waals surface area contributed by atoms with Gasteiger partial charge in [0.1, 0.15) is 5.60 Å². The Morgan fingerprint density at radius 3 is 2.17 bits per heavy atom. The normalized spacial score (nSPS) is 18.5. The monoisotopic (exact) mass is 171 g/mol. The molecule has 0 aromatic rings. The molecule has 2 nitrogen and oxygen atoms in total. The van der Waals surface area contributed by atoms with E-state index in [2.05, 4.69) is 20.8 Å². The molecular formula is C10H19O2. The van der Waals surface area contributed by atoms with Gasteiger partial charge >= 0.3 is 6.47 Å². The van der Waals surface area contributed by atoms with Crippen molar-refractivity contribution >= 4 is 6.47 Å². The summed E-state index contributed by atoms with van der Waals surface area (Å²) >= 11 is 0. The molecule has 2 heteroatoms. The molecule has 0 N–H and O–H groups in total. The fraction of sp³-hybridized carbons (Fsp3) is 0.900. The average Bonchev–Trinajstić information content (AvgIpc) is 2.03. The zero-order valence-electron chi connectivity index (χ0n) is 8.68. The van der Waals surface area contributed by atoms with Gasteiger partial charge in [0.2, 0.25) is 0 Å². The van der Waals surface area contributed by atoms with Crippen molar-refractivity contribution in [3.05, 3.63) is 0 Å². The van der Waals surface area contributed by atoms with Crippen LogP contribution in [-0.4, -0.2) is 12.1 Å². The first-order chi connectivity index (χ1) is 5.48. The van der Waals surface area contributed by atoms with E-state index in [-0.39, 0.29) is 5.60 Å². The van der Waals surface area contributed by atoms with Gasteiger partial charge < -0.3 is 4.74 Å². The van der Waals surface area contributed by atoms with E-state index in [1.807, 2.05) is 13.8 Å². The molecule has 71 valence electrons. The highest BCUT2D eigenvalue weighted by Crippen LogP contribution is 2.30. The smallest absolute Gasteiger partial charge is 0.418 e. The molecule has 0 rings (SSSR count). The van der Waals surface area contributed by atoms with Gasteiger partial charge in [0.05, 0.1) is 0 Å². The van der Waals surface area contributed by atoms with Crippen LogP contribution in [0.25, 0.3) is 0 Å². The summed E-state index contributed by atoms with van der Waals surface area (Å²) in [6.45, 7) is 11.9. The van der Waals surface area contributed by atoms with Crippen molar-refractivity contribution in [2.24, 2.45) is 11.8 Å². The van der Waals surface area contributed by atoms with E-state index in [1.54, 1.807) is 6.47 Å². The Morgan fingerprint density at radius 1 is 1.42 bits per heavy atom. The van der Waals surface area contributed by atoms with Crippen LogP contribution in [0.15, 0.2) is 0 Å². The predicted molar refractivity (Wildman–Crippen MR) is 49.5 cm³/mol. The highest BCUT2D eigenvalue weighted by molar-refractivity contribution is 5.39. The number of carbonyl (C=O) groups excluding carboxylic acids is 1. The van der Waals surface area contributed by atoms with Crippen LogP contribution in [0.5, 0.6) is 0 Å². The maximum Gasteiger partial charge on any atom is 0.418 e. The maximum atomic E-state index is 10.2. The van der Waals surface area contributed by atoms with E-state index in [0.717, 1.165) is 6.42 Å². The van der Waals surface area contributed by atoms with Gasteiger partial charge in [-0.25, -0.2) is 4.79 Å². The molecule has 0 heterocycles. The van der Waals surface area contributed by atoms with Gasteiger partial charge in [-0.3, -0.25) is 0 Å². The highest BCUT2D eigenvalue weighted by Gasteiger charge is 2.33. The molecule has 2 atom stereocenters. The lowest BCUT2D eigenvalue weighted by atomic mass is 9.80. The van der Waals surface area contributed by atoms with Crippen molar-refractivity contribution < 1.29 is 9.53 Å². The lowest BCUT2D eigenvalue weighted by Gasteiger charge is -2.34. The first kappa shape index (κ1) is 11.5. The minimum absolute atomic E-state index is 0.351. The molecule has 0 aliphatic carbocycles. The Balaban J connectivity index is 4.38. The molecule has 1 radical (unpaired) electrons. The van der Waals surface area contributed by atoms with Gasteiger partial charge in [-0.05, 0) is 25.2 Å². The Bertz CT molecular complexity index is 143. The quantitative estimate of drug-likeness (QED) is 0.635. The van der Waals surface area contributed by atoms with Crippen molar-refractivity contribution in [3.8, 4) is 0 Å².